The Labute approximate surface area is 143 Å². The molecule has 2 N–H and O–H groups in total. The van der Waals surface area contributed by atoms with Gasteiger partial charge in [0.2, 0.25) is 5.91 Å². The lowest BCUT2D eigenvalue weighted by Gasteiger charge is -2.45. The van der Waals surface area contributed by atoms with E-state index in [-0.39, 0.29) is 12.0 Å². The van der Waals surface area contributed by atoms with E-state index < -0.39 is 0 Å². The first-order valence-electron chi connectivity index (χ1n) is 9.34. The molecule has 2 aliphatic carbocycles. The fourth-order valence-electron chi connectivity index (χ4n) is 4.90. The highest BCUT2D eigenvalue weighted by molar-refractivity contribution is 5.79. The lowest BCUT2D eigenvalue weighted by Crippen LogP contribution is -2.53. The SMILES string of the molecule is NC1C2CCCC1CC(C(=O)N1CCOC(Cn3cccn3)C1)C2. The van der Waals surface area contributed by atoms with Crippen LogP contribution in [0.4, 0.5) is 0 Å². The molecule has 1 aromatic heterocycles. The third-order valence-electron chi connectivity index (χ3n) is 6.16. The van der Waals surface area contributed by atoms with Gasteiger partial charge in [0.1, 0.15) is 0 Å². The minimum Gasteiger partial charge on any atom is -0.373 e. The van der Waals surface area contributed by atoms with Crippen molar-refractivity contribution >= 4 is 5.91 Å². The standard InChI is InChI=1S/C18H28N4O2/c19-17-13-3-1-4-14(17)10-15(9-13)18(23)21-7-8-24-16(11-21)12-22-6-2-5-20-22/h2,5-6,13-17H,1,3-4,7-12,19H2. The topological polar surface area (TPSA) is 73.4 Å². The summed E-state index contributed by atoms with van der Waals surface area (Å²) in [6.45, 7) is 2.72. The molecule has 0 aromatic carbocycles. The van der Waals surface area contributed by atoms with Crippen molar-refractivity contribution in [3.8, 4) is 0 Å². The summed E-state index contributed by atoms with van der Waals surface area (Å²) >= 11 is 0. The van der Waals surface area contributed by atoms with E-state index in [1.54, 1.807) is 6.20 Å². The predicted octanol–water partition coefficient (Wildman–Crippen LogP) is 1.26. The molecule has 1 amide bonds. The minimum atomic E-state index is 0.0351. The van der Waals surface area contributed by atoms with Gasteiger partial charge in [-0.3, -0.25) is 9.48 Å². The second kappa shape index (κ2) is 6.84. The summed E-state index contributed by atoms with van der Waals surface area (Å²) in [5, 5.41) is 4.24. The summed E-state index contributed by atoms with van der Waals surface area (Å²) in [5.41, 5.74) is 6.37. The van der Waals surface area contributed by atoms with E-state index in [0.29, 0.717) is 50.0 Å². The molecule has 132 valence electrons. The first kappa shape index (κ1) is 16.1. The first-order chi connectivity index (χ1) is 11.7. The highest BCUT2D eigenvalue weighted by Gasteiger charge is 2.42. The van der Waals surface area contributed by atoms with Crippen molar-refractivity contribution in [2.24, 2.45) is 23.5 Å². The molecular formula is C18H28N4O2. The molecular weight excluding hydrogens is 304 g/mol. The van der Waals surface area contributed by atoms with Crippen LogP contribution in [-0.4, -0.2) is 52.4 Å². The minimum absolute atomic E-state index is 0.0351. The number of ether oxygens (including phenoxy) is 1. The quantitative estimate of drug-likeness (QED) is 0.904. The lowest BCUT2D eigenvalue weighted by atomic mass is 9.65. The van der Waals surface area contributed by atoms with Crippen LogP contribution in [0.5, 0.6) is 0 Å². The zero-order chi connectivity index (χ0) is 16.5. The molecule has 0 radical (unpaired) electrons. The molecule has 1 saturated heterocycles. The molecule has 1 aromatic rings. The average Bonchev–Trinajstić information content (AvgIpc) is 3.07. The molecule has 0 spiro atoms. The maximum Gasteiger partial charge on any atom is 0.225 e. The number of fused-ring (bicyclic) bond motifs is 2. The number of aromatic nitrogens is 2. The van der Waals surface area contributed by atoms with Crippen molar-refractivity contribution in [3.05, 3.63) is 18.5 Å². The second-order valence-corrected chi connectivity index (χ2v) is 7.70. The molecule has 6 heteroatoms. The van der Waals surface area contributed by atoms with Crippen LogP contribution in [-0.2, 0) is 16.1 Å². The Kier molecular flexibility index (Phi) is 4.59. The van der Waals surface area contributed by atoms with Gasteiger partial charge in [0.15, 0.2) is 0 Å². The number of carbonyl (C=O) groups excluding carboxylic acids is 1. The Balaban J connectivity index is 1.37. The lowest BCUT2D eigenvalue weighted by molar-refractivity contribution is -0.146. The Morgan fingerprint density at radius 1 is 1.29 bits per heavy atom. The van der Waals surface area contributed by atoms with Gasteiger partial charge in [-0.25, -0.2) is 0 Å². The van der Waals surface area contributed by atoms with Gasteiger partial charge >= 0.3 is 0 Å². The summed E-state index contributed by atoms with van der Waals surface area (Å²) in [6.07, 6.45) is 9.40. The normalized spacial score (nSPS) is 36.5. The Bertz CT molecular complexity index is 547. The summed E-state index contributed by atoms with van der Waals surface area (Å²) < 4.78 is 7.71. The van der Waals surface area contributed by atoms with E-state index in [9.17, 15) is 4.79 Å². The first-order valence-corrected chi connectivity index (χ1v) is 9.34. The van der Waals surface area contributed by atoms with E-state index in [0.717, 1.165) is 12.8 Å². The van der Waals surface area contributed by atoms with Crippen LogP contribution in [0.3, 0.4) is 0 Å². The zero-order valence-electron chi connectivity index (χ0n) is 14.2. The van der Waals surface area contributed by atoms with Crippen LogP contribution in [0.1, 0.15) is 32.1 Å². The van der Waals surface area contributed by atoms with E-state index in [1.807, 2.05) is 21.8 Å². The van der Waals surface area contributed by atoms with Crippen LogP contribution < -0.4 is 5.73 Å². The Hall–Kier alpha value is -1.40. The number of nitrogens with zero attached hydrogens (tertiary/aromatic N) is 3. The zero-order valence-corrected chi connectivity index (χ0v) is 14.2. The van der Waals surface area contributed by atoms with E-state index in [2.05, 4.69) is 5.10 Å². The fourth-order valence-corrected chi connectivity index (χ4v) is 4.90. The number of hydrogen-bond acceptors (Lipinski definition) is 4. The van der Waals surface area contributed by atoms with Crippen molar-refractivity contribution in [2.45, 2.75) is 50.8 Å². The van der Waals surface area contributed by atoms with Crippen LogP contribution >= 0.6 is 0 Å². The molecule has 2 saturated carbocycles. The fraction of sp³-hybridized carbons (Fsp3) is 0.778. The van der Waals surface area contributed by atoms with Crippen molar-refractivity contribution < 1.29 is 9.53 Å². The van der Waals surface area contributed by atoms with Crippen LogP contribution in [0.15, 0.2) is 18.5 Å². The summed E-state index contributed by atoms with van der Waals surface area (Å²) in [7, 11) is 0. The summed E-state index contributed by atoms with van der Waals surface area (Å²) in [5.74, 6) is 1.59. The van der Waals surface area contributed by atoms with Gasteiger partial charge in [-0.05, 0) is 43.6 Å². The van der Waals surface area contributed by atoms with Crippen LogP contribution in [0, 0.1) is 17.8 Å². The van der Waals surface area contributed by atoms with E-state index in [1.165, 1.54) is 19.3 Å². The van der Waals surface area contributed by atoms with Crippen molar-refractivity contribution in [2.75, 3.05) is 19.7 Å². The molecule has 1 aliphatic heterocycles. The third kappa shape index (κ3) is 3.22. The molecule has 3 fully saturated rings. The van der Waals surface area contributed by atoms with Gasteiger partial charge in [-0.15, -0.1) is 0 Å². The maximum atomic E-state index is 13.0. The van der Waals surface area contributed by atoms with E-state index in [4.69, 9.17) is 10.5 Å². The predicted molar refractivity (Wildman–Crippen MR) is 90.1 cm³/mol. The van der Waals surface area contributed by atoms with Gasteiger partial charge in [-0.1, -0.05) is 6.42 Å². The average molecular weight is 332 g/mol. The molecule has 3 atom stereocenters. The Morgan fingerprint density at radius 3 is 2.79 bits per heavy atom. The smallest absolute Gasteiger partial charge is 0.225 e. The number of carbonyl (C=O) groups is 1. The van der Waals surface area contributed by atoms with Gasteiger partial charge in [0.25, 0.3) is 0 Å². The van der Waals surface area contributed by atoms with Crippen molar-refractivity contribution in [1.82, 2.24) is 14.7 Å². The molecule has 3 unspecified atom stereocenters. The third-order valence-corrected chi connectivity index (χ3v) is 6.16. The number of nitrogens with two attached hydrogens (primary N) is 1. The van der Waals surface area contributed by atoms with Gasteiger partial charge in [0, 0.05) is 37.4 Å². The van der Waals surface area contributed by atoms with E-state index >= 15 is 0 Å². The number of amides is 1. The van der Waals surface area contributed by atoms with Crippen molar-refractivity contribution in [1.29, 1.82) is 0 Å². The monoisotopic (exact) mass is 332 g/mol. The van der Waals surface area contributed by atoms with Crippen LogP contribution in [0.25, 0.3) is 0 Å². The molecule has 2 heterocycles. The molecule has 3 aliphatic rings. The summed E-state index contributed by atoms with van der Waals surface area (Å²) in [4.78, 5) is 15.1. The van der Waals surface area contributed by atoms with Gasteiger partial charge in [-0.2, -0.15) is 5.10 Å². The van der Waals surface area contributed by atoms with Crippen LogP contribution in [0.2, 0.25) is 0 Å². The molecule has 2 bridgehead atoms. The largest absolute Gasteiger partial charge is 0.373 e. The van der Waals surface area contributed by atoms with Gasteiger partial charge in [0.05, 0.1) is 19.3 Å². The van der Waals surface area contributed by atoms with Crippen molar-refractivity contribution in [3.63, 3.8) is 0 Å². The molecule has 4 rings (SSSR count). The van der Waals surface area contributed by atoms with Gasteiger partial charge < -0.3 is 15.4 Å². The highest BCUT2D eigenvalue weighted by atomic mass is 16.5. The Morgan fingerprint density at radius 2 is 2.08 bits per heavy atom. The summed E-state index contributed by atoms with van der Waals surface area (Å²) in [6, 6.07) is 2.23. The number of hydrogen-bond donors (Lipinski definition) is 1. The highest BCUT2D eigenvalue weighted by Crippen LogP contribution is 2.42. The second-order valence-electron chi connectivity index (χ2n) is 7.70. The maximum absolute atomic E-state index is 13.0. The number of morpholine rings is 1. The number of rotatable bonds is 3. The molecule has 24 heavy (non-hydrogen) atoms. The molecule has 6 nitrogen and oxygen atoms in total.